The molecule has 1 amide bonds. The van der Waals surface area contributed by atoms with Crippen LogP contribution in [-0.2, 0) is 11.3 Å². The fourth-order valence-corrected chi connectivity index (χ4v) is 3.08. The number of benzene rings is 1. The van der Waals surface area contributed by atoms with E-state index in [0.717, 1.165) is 31.7 Å². The van der Waals surface area contributed by atoms with Crippen LogP contribution < -0.4 is 4.74 Å². The second-order valence-corrected chi connectivity index (χ2v) is 5.60. The highest BCUT2D eigenvalue weighted by molar-refractivity contribution is 5.76. The Bertz CT molecular complexity index is 617. The normalized spacial score (nSPS) is 15.8. The zero-order valence-electron chi connectivity index (χ0n) is 12.8. The molecule has 0 spiro atoms. The van der Waals surface area contributed by atoms with Crippen molar-refractivity contribution >= 4 is 5.91 Å². The smallest absolute Gasteiger partial charge is 0.244 e. The first kappa shape index (κ1) is 14.6. The number of para-hydroxylation sites is 1. The number of piperidine rings is 1. The van der Waals surface area contributed by atoms with E-state index in [9.17, 15) is 4.79 Å². The minimum atomic E-state index is 0.141. The molecule has 0 N–H and O–H groups in total. The molecule has 2 aromatic rings. The van der Waals surface area contributed by atoms with Crippen LogP contribution in [0.3, 0.4) is 0 Å². The summed E-state index contributed by atoms with van der Waals surface area (Å²) in [6.07, 6.45) is 5.47. The van der Waals surface area contributed by atoms with E-state index >= 15 is 0 Å². The number of methoxy groups -OCH3 is 1. The third kappa shape index (κ3) is 3.13. The maximum atomic E-state index is 12.3. The average Bonchev–Trinajstić information content (AvgIpc) is 3.08. The summed E-state index contributed by atoms with van der Waals surface area (Å²) in [7, 11) is 1.71. The fourth-order valence-electron chi connectivity index (χ4n) is 3.08. The first-order valence-corrected chi connectivity index (χ1v) is 7.66. The van der Waals surface area contributed by atoms with Gasteiger partial charge in [0.05, 0.1) is 7.11 Å². The lowest BCUT2D eigenvalue weighted by Gasteiger charge is -2.32. The van der Waals surface area contributed by atoms with Crippen molar-refractivity contribution in [2.45, 2.75) is 25.3 Å². The van der Waals surface area contributed by atoms with E-state index in [1.165, 1.54) is 5.56 Å². The summed E-state index contributed by atoms with van der Waals surface area (Å²) in [5, 5.41) is 4.09. The average molecular weight is 299 g/mol. The van der Waals surface area contributed by atoms with Crippen molar-refractivity contribution < 1.29 is 9.53 Å². The summed E-state index contributed by atoms with van der Waals surface area (Å²) < 4.78 is 7.13. The van der Waals surface area contributed by atoms with Crippen LogP contribution in [0, 0.1) is 0 Å². The van der Waals surface area contributed by atoms with Gasteiger partial charge in [-0.25, -0.2) is 0 Å². The predicted molar refractivity (Wildman–Crippen MR) is 83.8 cm³/mol. The zero-order chi connectivity index (χ0) is 15.4. The number of carbonyl (C=O) groups is 1. The van der Waals surface area contributed by atoms with Gasteiger partial charge in [0.1, 0.15) is 12.3 Å². The van der Waals surface area contributed by atoms with Gasteiger partial charge in [-0.05, 0) is 36.5 Å². The number of carbonyl (C=O) groups excluding carboxylic acids is 1. The summed E-state index contributed by atoms with van der Waals surface area (Å²) in [6.45, 7) is 1.91. The first-order valence-electron chi connectivity index (χ1n) is 7.66. The molecule has 0 saturated carbocycles. The second-order valence-electron chi connectivity index (χ2n) is 5.60. The van der Waals surface area contributed by atoms with Crippen molar-refractivity contribution in [2.75, 3.05) is 20.2 Å². The topological polar surface area (TPSA) is 47.4 Å². The highest BCUT2D eigenvalue weighted by Crippen LogP contribution is 2.33. The number of rotatable bonds is 4. The van der Waals surface area contributed by atoms with Crippen molar-refractivity contribution in [3.63, 3.8) is 0 Å². The monoisotopic (exact) mass is 299 g/mol. The molecule has 1 aromatic heterocycles. The van der Waals surface area contributed by atoms with Gasteiger partial charge in [-0.15, -0.1) is 0 Å². The van der Waals surface area contributed by atoms with Crippen molar-refractivity contribution in [1.29, 1.82) is 0 Å². The third-order valence-corrected chi connectivity index (χ3v) is 4.28. The number of hydrogen-bond acceptors (Lipinski definition) is 3. The zero-order valence-corrected chi connectivity index (χ0v) is 12.8. The van der Waals surface area contributed by atoms with Gasteiger partial charge in [0.25, 0.3) is 0 Å². The largest absolute Gasteiger partial charge is 0.496 e. The minimum Gasteiger partial charge on any atom is -0.496 e. The molecule has 1 aromatic carbocycles. The molecule has 0 radical (unpaired) electrons. The number of nitrogens with zero attached hydrogens (tertiary/aromatic N) is 3. The Morgan fingerprint density at radius 2 is 2.05 bits per heavy atom. The lowest BCUT2D eigenvalue weighted by atomic mass is 9.89. The fraction of sp³-hybridized carbons (Fsp3) is 0.412. The summed E-state index contributed by atoms with van der Waals surface area (Å²) >= 11 is 0. The molecule has 2 heterocycles. The van der Waals surface area contributed by atoms with Crippen LogP contribution in [0.1, 0.15) is 24.3 Å². The maximum Gasteiger partial charge on any atom is 0.244 e. The molecule has 5 nitrogen and oxygen atoms in total. The molecule has 1 saturated heterocycles. The van der Waals surface area contributed by atoms with Crippen LogP contribution in [0.25, 0.3) is 0 Å². The molecule has 0 unspecified atom stereocenters. The van der Waals surface area contributed by atoms with Gasteiger partial charge in [-0.1, -0.05) is 18.2 Å². The summed E-state index contributed by atoms with van der Waals surface area (Å²) in [4.78, 5) is 14.2. The number of ether oxygens (including phenoxy) is 1. The Morgan fingerprint density at radius 3 is 2.73 bits per heavy atom. The van der Waals surface area contributed by atoms with Crippen LogP contribution in [-0.4, -0.2) is 40.8 Å². The van der Waals surface area contributed by atoms with Crippen LogP contribution in [0.4, 0.5) is 0 Å². The van der Waals surface area contributed by atoms with E-state index in [2.05, 4.69) is 11.2 Å². The third-order valence-electron chi connectivity index (χ3n) is 4.28. The molecular formula is C17H21N3O2. The molecule has 116 valence electrons. The molecule has 0 aliphatic carbocycles. The Hall–Kier alpha value is -2.30. The van der Waals surface area contributed by atoms with Gasteiger partial charge in [-0.2, -0.15) is 5.10 Å². The van der Waals surface area contributed by atoms with E-state index < -0.39 is 0 Å². The van der Waals surface area contributed by atoms with Crippen molar-refractivity contribution in [3.05, 3.63) is 48.3 Å². The summed E-state index contributed by atoms with van der Waals surface area (Å²) in [6, 6.07) is 10.0. The molecule has 5 heteroatoms. The number of likely N-dealkylation sites (tertiary alicyclic amines) is 1. The van der Waals surface area contributed by atoms with Gasteiger partial charge in [0.15, 0.2) is 0 Å². The van der Waals surface area contributed by atoms with E-state index in [0.29, 0.717) is 12.5 Å². The van der Waals surface area contributed by atoms with Crippen LogP contribution in [0.15, 0.2) is 42.7 Å². The second kappa shape index (κ2) is 6.64. The lowest BCUT2D eigenvalue weighted by Crippen LogP contribution is -2.39. The summed E-state index contributed by atoms with van der Waals surface area (Å²) in [5.74, 6) is 1.55. The van der Waals surface area contributed by atoms with Crippen LogP contribution >= 0.6 is 0 Å². The van der Waals surface area contributed by atoms with Crippen molar-refractivity contribution in [1.82, 2.24) is 14.7 Å². The Morgan fingerprint density at radius 1 is 1.27 bits per heavy atom. The molecular weight excluding hydrogens is 278 g/mol. The van der Waals surface area contributed by atoms with Gasteiger partial charge >= 0.3 is 0 Å². The Labute approximate surface area is 130 Å². The quantitative estimate of drug-likeness (QED) is 0.870. The molecule has 1 fully saturated rings. The van der Waals surface area contributed by atoms with Crippen LogP contribution in [0.2, 0.25) is 0 Å². The van der Waals surface area contributed by atoms with E-state index in [1.54, 1.807) is 18.0 Å². The van der Waals surface area contributed by atoms with Gasteiger partial charge < -0.3 is 9.64 Å². The summed E-state index contributed by atoms with van der Waals surface area (Å²) in [5.41, 5.74) is 1.25. The van der Waals surface area contributed by atoms with Gasteiger partial charge in [0, 0.05) is 25.5 Å². The van der Waals surface area contributed by atoms with E-state index in [1.807, 2.05) is 35.4 Å². The Kier molecular flexibility index (Phi) is 4.42. The standard InChI is InChI=1S/C17H21N3O2/c1-22-16-6-3-2-5-15(16)14-7-11-19(12-8-14)17(21)13-20-10-4-9-18-20/h2-6,9-10,14H,7-8,11-13H2,1H3. The van der Waals surface area contributed by atoms with Crippen molar-refractivity contribution in [3.8, 4) is 5.75 Å². The Balaban J connectivity index is 1.59. The molecule has 0 bridgehead atoms. The number of aromatic nitrogens is 2. The molecule has 22 heavy (non-hydrogen) atoms. The highest BCUT2D eigenvalue weighted by Gasteiger charge is 2.25. The molecule has 3 rings (SSSR count). The predicted octanol–water partition coefficient (Wildman–Crippen LogP) is 2.30. The number of hydrogen-bond donors (Lipinski definition) is 0. The lowest BCUT2D eigenvalue weighted by molar-refractivity contribution is -0.133. The highest BCUT2D eigenvalue weighted by atomic mass is 16.5. The first-order chi connectivity index (χ1) is 10.8. The van der Waals surface area contributed by atoms with E-state index in [-0.39, 0.29) is 5.91 Å². The van der Waals surface area contributed by atoms with Gasteiger partial charge in [-0.3, -0.25) is 9.48 Å². The minimum absolute atomic E-state index is 0.141. The molecule has 0 atom stereocenters. The molecule has 1 aliphatic heterocycles. The van der Waals surface area contributed by atoms with Crippen molar-refractivity contribution in [2.24, 2.45) is 0 Å². The maximum absolute atomic E-state index is 12.3. The van der Waals surface area contributed by atoms with Gasteiger partial charge in [0.2, 0.25) is 5.91 Å². The SMILES string of the molecule is COc1ccccc1C1CCN(C(=O)Cn2cccn2)CC1. The van der Waals surface area contributed by atoms with E-state index in [4.69, 9.17) is 4.74 Å². The molecule has 1 aliphatic rings. The number of amides is 1. The van der Waals surface area contributed by atoms with Crippen LogP contribution in [0.5, 0.6) is 5.75 Å².